The lowest BCUT2D eigenvalue weighted by molar-refractivity contribution is -0.214. The first-order valence-electron chi connectivity index (χ1n) is 13.9. The highest BCUT2D eigenvalue weighted by Crippen LogP contribution is 2.47. The van der Waals surface area contributed by atoms with E-state index in [0.717, 1.165) is 45.1 Å². The smallest absolute Gasteiger partial charge is 0.305 e. The Kier molecular flexibility index (Phi) is 10.6. The molecular formula is C29H48O6Si. The predicted octanol–water partition coefficient (Wildman–Crippen LogP) is 6.77. The van der Waals surface area contributed by atoms with E-state index in [1.165, 1.54) is 5.56 Å². The van der Waals surface area contributed by atoms with Crippen LogP contribution in [0.5, 0.6) is 0 Å². The van der Waals surface area contributed by atoms with Crippen LogP contribution < -0.4 is 0 Å². The highest BCUT2D eigenvalue weighted by Gasteiger charge is 2.55. The molecule has 0 saturated carbocycles. The van der Waals surface area contributed by atoms with Gasteiger partial charge in [0.15, 0.2) is 14.1 Å². The fraction of sp³-hybridized carbons (Fsp3) is 0.759. The molecule has 204 valence electrons. The number of benzene rings is 1. The summed E-state index contributed by atoms with van der Waals surface area (Å²) in [4.78, 5) is 12.0. The molecule has 0 aliphatic carbocycles. The largest absolute Gasteiger partial charge is 0.466 e. The quantitative estimate of drug-likeness (QED) is 0.153. The molecule has 7 heteroatoms. The van der Waals surface area contributed by atoms with Gasteiger partial charge in [-0.3, -0.25) is 4.79 Å². The minimum atomic E-state index is -1.94. The summed E-state index contributed by atoms with van der Waals surface area (Å²) >= 11 is 0. The number of ether oxygens (including phenoxy) is 4. The van der Waals surface area contributed by atoms with Gasteiger partial charge in [-0.15, -0.1) is 0 Å². The predicted molar refractivity (Wildman–Crippen MR) is 144 cm³/mol. The highest BCUT2D eigenvalue weighted by atomic mass is 28.4. The van der Waals surface area contributed by atoms with E-state index in [1.807, 2.05) is 25.1 Å². The first-order valence-corrected chi connectivity index (χ1v) is 16.8. The van der Waals surface area contributed by atoms with E-state index in [-0.39, 0.29) is 29.3 Å². The summed E-state index contributed by atoms with van der Waals surface area (Å²) < 4.78 is 31.0. The van der Waals surface area contributed by atoms with Crippen molar-refractivity contribution in [1.29, 1.82) is 0 Å². The lowest BCUT2D eigenvalue weighted by Crippen LogP contribution is -2.51. The Hall–Kier alpha value is -1.25. The Morgan fingerprint density at radius 1 is 1.11 bits per heavy atom. The molecule has 4 atom stereocenters. The molecule has 36 heavy (non-hydrogen) atoms. The Morgan fingerprint density at radius 3 is 2.56 bits per heavy atom. The van der Waals surface area contributed by atoms with Gasteiger partial charge in [-0.25, -0.2) is 0 Å². The molecule has 1 aromatic rings. The van der Waals surface area contributed by atoms with Gasteiger partial charge in [-0.05, 0) is 49.9 Å². The number of unbranched alkanes of at least 4 members (excludes halogenated alkanes) is 2. The van der Waals surface area contributed by atoms with Crippen molar-refractivity contribution in [2.75, 3.05) is 13.2 Å². The van der Waals surface area contributed by atoms with Gasteiger partial charge in [0.25, 0.3) is 0 Å². The Balaban J connectivity index is 1.52. The van der Waals surface area contributed by atoms with E-state index < -0.39 is 14.1 Å². The van der Waals surface area contributed by atoms with Gasteiger partial charge in [-0.1, -0.05) is 63.9 Å². The van der Waals surface area contributed by atoms with Crippen molar-refractivity contribution in [2.24, 2.45) is 0 Å². The van der Waals surface area contributed by atoms with Crippen LogP contribution in [0, 0.1) is 0 Å². The van der Waals surface area contributed by atoms with Gasteiger partial charge < -0.3 is 23.4 Å². The van der Waals surface area contributed by atoms with Crippen molar-refractivity contribution in [2.45, 2.75) is 128 Å². The van der Waals surface area contributed by atoms with E-state index >= 15 is 0 Å². The fourth-order valence-corrected chi connectivity index (χ4v) is 6.18. The zero-order valence-electron chi connectivity index (χ0n) is 23.3. The third kappa shape index (κ3) is 8.12. The third-order valence-electron chi connectivity index (χ3n) is 7.92. The molecule has 2 aliphatic rings. The fourth-order valence-electron chi connectivity index (χ4n) is 4.82. The molecule has 0 aromatic heterocycles. The minimum absolute atomic E-state index is 0.00491. The number of hydrogen-bond acceptors (Lipinski definition) is 6. The van der Waals surface area contributed by atoms with Crippen molar-refractivity contribution in [1.82, 2.24) is 0 Å². The van der Waals surface area contributed by atoms with E-state index in [1.54, 1.807) is 0 Å². The number of esters is 1. The van der Waals surface area contributed by atoms with Crippen molar-refractivity contribution in [3.63, 3.8) is 0 Å². The molecule has 0 spiro atoms. The Morgan fingerprint density at radius 2 is 1.86 bits per heavy atom. The van der Waals surface area contributed by atoms with Crippen LogP contribution in [-0.4, -0.2) is 51.6 Å². The lowest BCUT2D eigenvalue weighted by atomic mass is 9.95. The van der Waals surface area contributed by atoms with Crippen molar-refractivity contribution < 1.29 is 28.2 Å². The number of carbonyl (C=O) groups is 1. The molecule has 2 saturated heterocycles. The number of hydrogen-bond donors (Lipinski definition) is 0. The first kappa shape index (κ1) is 29.3. The zero-order valence-corrected chi connectivity index (χ0v) is 24.3. The maximum absolute atomic E-state index is 12.0. The summed E-state index contributed by atoms with van der Waals surface area (Å²) in [5.74, 6) is -0.872. The van der Waals surface area contributed by atoms with Crippen LogP contribution in [0.2, 0.25) is 18.1 Å². The summed E-state index contributed by atoms with van der Waals surface area (Å²) in [6, 6.07) is 10.3. The Labute approximate surface area is 219 Å². The average Bonchev–Trinajstić information content (AvgIpc) is 3.12. The third-order valence-corrected chi connectivity index (χ3v) is 12.4. The van der Waals surface area contributed by atoms with Gasteiger partial charge in [0, 0.05) is 19.4 Å². The van der Waals surface area contributed by atoms with Crippen LogP contribution >= 0.6 is 0 Å². The van der Waals surface area contributed by atoms with Crippen LogP contribution in [0.25, 0.3) is 0 Å². The van der Waals surface area contributed by atoms with E-state index in [2.05, 4.69) is 46.0 Å². The molecule has 6 nitrogen and oxygen atoms in total. The maximum atomic E-state index is 12.0. The van der Waals surface area contributed by atoms with Gasteiger partial charge >= 0.3 is 5.97 Å². The molecule has 3 rings (SSSR count). The second-order valence-electron chi connectivity index (χ2n) is 11.8. The molecule has 2 heterocycles. The van der Waals surface area contributed by atoms with Crippen LogP contribution in [0.1, 0.15) is 84.6 Å². The Bertz CT molecular complexity index is 808. The van der Waals surface area contributed by atoms with Crippen LogP contribution in [0.15, 0.2) is 30.3 Å². The van der Waals surface area contributed by atoms with Crippen molar-refractivity contribution >= 4 is 14.3 Å². The molecule has 2 aliphatic heterocycles. The molecule has 4 unspecified atom stereocenters. The first-order chi connectivity index (χ1) is 17.1. The summed E-state index contributed by atoms with van der Waals surface area (Å²) in [6.07, 6.45) is 6.59. The zero-order chi connectivity index (χ0) is 26.2. The van der Waals surface area contributed by atoms with Crippen LogP contribution in [0.4, 0.5) is 0 Å². The molecule has 2 bridgehead atoms. The van der Waals surface area contributed by atoms with E-state index in [0.29, 0.717) is 26.1 Å². The molecule has 2 fully saturated rings. The molecular weight excluding hydrogens is 472 g/mol. The highest BCUT2D eigenvalue weighted by molar-refractivity contribution is 6.74. The molecule has 1 aromatic carbocycles. The number of fused-ring (bicyclic) bond motifs is 2. The minimum Gasteiger partial charge on any atom is -0.466 e. The summed E-state index contributed by atoms with van der Waals surface area (Å²) in [7, 11) is -1.94. The number of rotatable bonds is 14. The average molecular weight is 521 g/mol. The van der Waals surface area contributed by atoms with Crippen LogP contribution in [0.3, 0.4) is 0 Å². The van der Waals surface area contributed by atoms with Gasteiger partial charge in [0.05, 0.1) is 31.8 Å². The van der Waals surface area contributed by atoms with Crippen molar-refractivity contribution in [3.05, 3.63) is 35.9 Å². The van der Waals surface area contributed by atoms with E-state index in [9.17, 15) is 4.79 Å². The molecule has 0 amide bonds. The van der Waals surface area contributed by atoms with Gasteiger partial charge in [0.1, 0.15) is 6.10 Å². The second-order valence-corrected chi connectivity index (χ2v) is 16.6. The molecule has 0 radical (unpaired) electrons. The normalized spacial score (nSPS) is 26.2. The topological polar surface area (TPSA) is 63.2 Å². The van der Waals surface area contributed by atoms with E-state index in [4.69, 9.17) is 23.4 Å². The molecule has 0 N–H and O–H groups in total. The lowest BCUT2D eigenvalue weighted by Gasteiger charge is -2.43. The summed E-state index contributed by atoms with van der Waals surface area (Å²) in [6.45, 7) is 15.1. The standard InChI is InChI=1S/C29H48O6Si/c1-7-32-26(30)18-20-29-19-17-25(35-36(5,6)28(2,3)4)27(34-29)24(33-29)16-12-9-13-21-31-22-23-14-10-8-11-15-23/h8,10-11,14-15,24-25,27H,7,9,12-13,16-22H2,1-6H3. The van der Waals surface area contributed by atoms with Crippen molar-refractivity contribution in [3.8, 4) is 0 Å². The van der Waals surface area contributed by atoms with Gasteiger partial charge in [-0.2, -0.15) is 0 Å². The summed E-state index contributed by atoms with van der Waals surface area (Å²) in [5, 5.41) is 0.139. The number of carbonyl (C=O) groups excluding carboxylic acids is 1. The SMILES string of the molecule is CCOC(=O)CCC12CCC(O[Si](C)(C)C(C)(C)C)C(O1)C(CCCCCOCc1ccccc1)O2. The van der Waals surface area contributed by atoms with Gasteiger partial charge in [0.2, 0.25) is 0 Å². The monoisotopic (exact) mass is 520 g/mol. The maximum Gasteiger partial charge on any atom is 0.305 e. The summed E-state index contributed by atoms with van der Waals surface area (Å²) in [5.41, 5.74) is 1.21. The second kappa shape index (κ2) is 13.0. The van der Waals surface area contributed by atoms with Crippen LogP contribution in [-0.2, 0) is 34.8 Å².